The summed E-state index contributed by atoms with van der Waals surface area (Å²) in [5.74, 6) is -0.135. The maximum atomic E-state index is 12.2. The number of aromatic nitrogens is 2. The van der Waals surface area contributed by atoms with Gasteiger partial charge in [-0.15, -0.1) is 5.10 Å². The lowest BCUT2D eigenvalue weighted by molar-refractivity contribution is 0.102. The van der Waals surface area contributed by atoms with E-state index >= 15 is 0 Å². The summed E-state index contributed by atoms with van der Waals surface area (Å²) in [4.78, 5) is 12.7. The molecule has 1 heterocycles. The zero-order chi connectivity index (χ0) is 14.0. The molecule has 0 aliphatic carbocycles. The monoisotopic (exact) mass is 296 g/mol. The maximum absolute atomic E-state index is 12.2. The molecule has 0 saturated heterocycles. The van der Waals surface area contributed by atoms with Crippen LogP contribution in [-0.2, 0) is 0 Å². The van der Waals surface area contributed by atoms with E-state index in [1.807, 2.05) is 13.8 Å². The van der Waals surface area contributed by atoms with Crippen LogP contribution in [0.4, 0.5) is 11.4 Å². The van der Waals surface area contributed by atoms with Crippen LogP contribution in [0.25, 0.3) is 0 Å². The number of nitrogens with two attached hydrogens (primary N) is 1. The lowest BCUT2D eigenvalue weighted by Gasteiger charge is -2.08. The Morgan fingerprint density at radius 1 is 1.47 bits per heavy atom. The molecule has 0 unspecified atom stereocenters. The number of nitrogen functional groups attached to an aromatic ring is 1. The van der Waals surface area contributed by atoms with Crippen molar-refractivity contribution in [3.63, 3.8) is 0 Å². The molecule has 0 atom stereocenters. The first-order chi connectivity index (χ1) is 8.99. The molecule has 0 bridgehead atoms. The number of hydrogen-bond donors (Lipinski definition) is 2. The Morgan fingerprint density at radius 2 is 2.21 bits per heavy atom. The predicted molar refractivity (Wildman–Crippen MR) is 77.8 cm³/mol. The third kappa shape index (κ3) is 3.02. The highest BCUT2D eigenvalue weighted by atomic mass is 35.5. The summed E-state index contributed by atoms with van der Waals surface area (Å²) in [6, 6.07) is 4.92. The SMILES string of the molecule is CC(C)c1nnsc1C(=O)Nc1cc(Cl)ccc1N. The quantitative estimate of drug-likeness (QED) is 0.853. The summed E-state index contributed by atoms with van der Waals surface area (Å²) >= 11 is 6.95. The van der Waals surface area contributed by atoms with Crippen molar-refractivity contribution in [2.24, 2.45) is 0 Å². The van der Waals surface area contributed by atoms with Crippen LogP contribution < -0.4 is 11.1 Å². The number of nitrogens with one attached hydrogen (secondary N) is 1. The largest absolute Gasteiger partial charge is 0.397 e. The second kappa shape index (κ2) is 5.54. The fourth-order valence-corrected chi connectivity index (χ4v) is 2.44. The zero-order valence-electron chi connectivity index (χ0n) is 10.5. The number of carbonyl (C=O) groups excluding carboxylic acids is 1. The van der Waals surface area contributed by atoms with Gasteiger partial charge in [-0.2, -0.15) is 0 Å². The maximum Gasteiger partial charge on any atom is 0.269 e. The average molecular weight is 297 g/mol. The first-order valence-corrected chi connectivity index (χ1v) is 6.82. The van der Waals surface area contributed by atoms with E-state index in [2.05, 4.69) is 14.9 Å². The first-order valence-electron chi connectivity index (χ1n) is 5.67. The molecule has 0 aliphatic heterocycles. The van der Waals surface area contributed by atoms with Crippen LogP contribution >= 0.6 is 23.1 Å². The summed E-state index contributed by atoms with van der Waals surface area (Å²) in [7, 11) is 0. The van der Waals surface area contributed by atoms with Gasteiger partial charge in [0.05, 0.1) is 17.1 Å². The fraction of sp³-hybridized carbons (Fsp3) is 0.250. The van der Waals surface area contributed by atoms with Crippen molar-refractivity contribution in [1.29, 1.82) is 0 Å². The van der Waals surface area contributed by atoms with Gasteiger partial charge in [-0.05, 0) is 35.6 Å². The lowest BCUT2D eigenvalue weighted by Crippen LogP contribution is -2.14. The van der Waals surface area contributed by atoms with Crippen LogP contribution in [0.2, 0.25) is 5.02 Å². The predicted octanol–water partition coefficient (Wildman–Crippen LogP) is 3.15. The Kier molecular flexibility index (Phi) is 4.01. The highest BCUT2D eigenvalue weighted by Crippen LogP contribution is 2.25. The van der Waals surface area contributed by atoms with Gasteiger partial charge in [-0.25, -0.2) is 0 Å². The standard InChI is InChI=1S/C12H13ClN4OS/c1-6(2)10-11(19-17-16-10)12(18)15-9-5-7(13)3-4-8(9)14/h3-6H,14H2,1-2H3,(H,15,18). The second-order valence-electron chi connectivity index (χ2n) is 4.33. The van der Waals surface area contributed by atoms with Gasteiger partial charge >= 0.3 is 0 Å². The van der Waals surface area contributed by atoms with Crippen LogP contribution in [0.15, 0.2) is 18.2 Å². The summed E-state index contributed by atoms with van der Waals surface area (Å²) in [6.45, 7) is 3.92. The lowest BCUT2D eigenvalue weighted by atomic mass is 10.1. The molecule has 0 saturated carbocycles. The van der Waals surface area contributed by atoms with Gasteiger partial charge in [-0.3, -0.25) is 4.79 Å². The van der Waals surface area contributed by atoms with Crippen molar-refractivity contribution in [3.05, 3.63) is 33.8 Å². The van der Waals surface area contributed by atoms with Crippen molar-refractivity contribution in [3.8, 4) is 0 Å². The topological polar surface area (TPSA) is 80.9 Å². The zero-order valence-corrected chi connectivity index (χ0v) is 12.0. The van der Waals surface area contributed by atoms with Gasteiger partial charge in [0.2, 0.25) is 0 Å². The van der Waals surface area contributed by atoms with Crippen LogP contribution in [-0.4, -0.2) is 15.5 Å². The molecule has 0 fully saturated rings. The molecule has 0 aliphatic rings. The first kappa shape index (κ1) is 13.8. The minimum Gasteiger partial charge on any atom is -0.397 e. The molecule has 2 rings (SSSR count). The minimum atomic E-state index is -0.271. The number of halogens is 1. The molecular formula is C12H13ClN4OS. The molecule has 19 heavy (non-hydrogen) atoms. The summed E-state index contributed by atoms with van der Waals surface area (Å²) < 4.78 is 3.82. The van der Waals surface area contributed by atoms with Crippen molar-refractivity contribution in [1.82, 2.24) is 9.59 Å². The number of rotatable bonds is 3. The van der Waals surface area contributed by atoms with Crippen molar-refractivity contribution in [2.45, 2.75) is 19.8 Å². The summed E-state index contributed by atoms with van der Waals surface area (Å²) in [6.07, 6.45) is 0. The van der Waals surface area contributed by atoms with Crippen LogP contribution in [0.5, 0.6) is 0 Å². The van der Waals surface area contributed by atoms with Crippen LogP contribution in [0.3, 0.4) is 0 Å². The van der Waals surface area contributed by atoms with Gasteiger partial charge in [0.25, 0.3) is 5.91 Å². The third-order valence-corrected chi connectivity index (χ3v) is 3.51. The summed E-state index contributed by atoms with van der Waals surface area (Å²) in [5, 5.41) is 7.21. The van der Waals surface area contributed by atoms with Gasteiger partial charge in [0.1, 0.15) is 4.88 Å². The highest BCUT2D eigenvalue weighted by molar-refractivity contribution is 7.08. The number of nitrogens with zero attached hydrogens (tertiary/aromatic N) is 2. The van der Waals surface area contributed by atoms with E-state index < -0.39 is 0 Å². The molecular weight excluding hydrogens is 284 g/mol. The average Bonchev–Trinajstić information content (AvgIpc) is 2.83. The molecule has 7 heteroatoms. The second-order valence-corrected chi connectivity index (χ2v) is 5.52. The van der Waals surface area contributed by atoms with Crippen LogP contribution in [0.1, 0.15) is 35.1 Å². The normalized spacial score (nSPS) is 10.7. The van der Waals surface area contributed by atoms with Gasteiger partial charge in [0.15, 0.2) is 0 Å². The van der Waals surface area contributed by atoms with E-state index in [1.54, 1.807) is 18.2 Å². The molecule has 1 aromatic heterocycles. The van der Waals surface area contributed by atoms with Crippen molar-refractivity contribution >= 4 is 40.4 Å². The Labute approximate surface area is 119 Å². The Balaban J connectivity index is 2.26. The van der Waals surface area contributed by atoms with E-state index in [0.717, 1.165) is 11.5 Å². The summed E-state index contributed by atoms with van der Waals surface area (Å²) in [5.41, 5.74) is 7.42. The number of hydrogen-bond acceptors (Lipinski definition) is 5. The Morgan fingerprint density at radius 3 is 2.89 bits per heavy atom. The molecule has 5 nitrogen and oxygen atoms in total. The van der Waals surface area contributed by atoms with Crippen molar-refractivity contribution in [2.75, 3.05) is 11.1 Å². The fourth-order valence-electron chi connectivity index (χ4n) is 1.55. The Bertz CT molecular complexity index is 612. The molecule has 0 spiro atoms. The minimum absolute atomic E-state index is 0.135. The van der Waals surface area contributed by atoms with E-state index in [-0.39, 0.29) is 11.8 Å². The molecule has 3 N–H and O–H groups in total. The van der Waals surface area contributed by atoms with E-state index in [0.29, 0.717) is 27.0 Å². The molecule has 0 radical (unpaired) electrons. The van der Waals surface area contributed by atoms with Crippen molar-refractivity contribution < 1.29 is 4.79 Å². The van der Waals surface area contributed by atoms with E-state index in [9.17, 15) is 4.79 Å². The van der Waals surface area contributed by atoms with Gasteiger partial charge in [-0.1, -0.05) is 29.9 Å². The number of carbonyl (C=O) groups is 1. The smallest absolute Gasteiger partial charge is 0.269 e. The van der Waals surface area contributed by atoms with E-state index in [1.165, 1.54) is 0 Å². The molecule has 100 valence electrons. The number of benzene rings is 1. The molecule has 1 aromatic carbocycles. The van der Waals surface area contributed by atoms with Gasteiger partial charge < -0.3 is 11.1 Å². The van der Waals surface area contributed by atoms with Gasteiger partial charge in [0, 0.05) is 5.02 Å². The third-order valence-electron chi connectivity index (χ3n) is 2.53. The van der Waals surface area contributed by atoms with Crippen LogP contribution in [0, 0.1) is 0 Å². The molecule has 1 amide bonds. The van der Waals surface area contributed by atoms with E-state index in [4.69, 9.17) is 17.3 Å². The Hall–Kier alpha value is -1.66. The molecule has 2 aromatic rings. The number of anilines is 2. The highest BCUT2D eigenvalue weighted by Gasteiger charge is 2.19. The number of amides is 1.